The summed E-state index contributed by atoms with van der Waals surface area (Å²) >= 11 is 0. The van der Waals surface area contributed by atoms with Gasteiger partial charge in [-0.15, -0.1) is 0 Å². The number of amides is 1. The molecule has 1 aliphatic heterocycles. The number of rotatable bonds is 3. The molecule has 116 valence electrons. The largest absolute Gasteiger partial charge is 0.481 e. The first kappa shape index (κ1) is 14.8. The van der Waals surface area contributed by atoms with Gasteiger partial charge in [-0.05, 0) is 30.4 Å². The Labute approximate surface area is 129 Å². The molecule has 1 amide bonds. The Balaban J connectivity index is 1.93. The molecule has 0 aliphatic carbocycles. The minimum atomic E-state index is -0.0641. The Morgan fingerprint density at radius 2 is 2.14 bits per heavy atom. The number of carbonyl (C=O) groups excluding carboxylic acids is 1. The average molecular weight is 300 g/mol. The van der Waals surface area contributed by atoms with E-state index in [1.54, 1.807) is 14.2 Å². The van der Waals surface area contributed by atoms with E-state index in [9.17, 15) is 4.79 Å². The van der Waals surface area contributed by atoms with Gasteiger partial charge in [0.1, 0.15) is 5.69 Å². The highest BCUT2D eigenvalue weighted by Crippen LogP contribution is 2.25. The van der Waals surface area contributed by atoms with Gasteiger partial charge in [-0.3, -0.25) is 4.79 Å². The third-order valence-corrected chi connectivity index (χ3v) is 4.12. The molecule has 2 heterocycles. The van der Waals surface area contributed by atoms with Crippen LogP contribution in [0.15, 0.2) is 30.3 Å². The molecular formula is C17H20N2O3. The van der Waals surface area contributed by atoms with Crippen LogP contribution in [0, 0.1) is 0 Å². The van der Waals surface area contributed by atoms with E-state index < -0.39 is 0 Å². The molecule has 5 heteroatoms. The highest BCUT2D eigenvalue weighted by molar-refractivity contribution is 5.98. The fourth-order valence-corrected chi connectivity index (χ4v) is 2.91. The maximum atomic E-state index is 12.7. The molecule has 0 spiro atoms. The van der Waals surface area contributed by atoms with Crippen molar-refractivity contribution in [1.29, 1.82) is 0 Å². The number of aromatic nitrogens is 1. The second-order valence-corrected chi connectivity index (χ2v) is 5.49. The highest BCUT2D eigenvalue weighted by Gasteiger charge is 2.25. The lowest BCUT2D eigenvalue weighted by Gasteiger charge is -2.31. The standard InChI is InChI=1S/C17H20N2O3/c1-21-13-7-5-9-19(11-13)17(20)15-10-12-6-3-4-8-14(12)16(18-15)22-2/h3-4,6,8,10,13H,5,7,9,11H2,1-2H3/t13-/m0/s1. The first-order chi connectivity index (χ1) is 10.7. The van der Waals surface area contributed by atoms with Crippen LogP contribution in [-0.4, -0.2) is 49.2 Å². The highest BCUT2D eigenvalue weighted by atomic mass is 16.5. The third kappa shape index (κ3) is 2.76. The van der Waals surface area contributed by atoms with Crippen molar-refractivity contribution in [2.75, 3.05) is 27.3 Å². The summed E-state index contributed by atoms with van der Waals surface area (Å²) in [5.74, 6) is 0.424. The fourth-order valence-electron chi connectivity index (χ4n) is 2.91. The molecule has 1 atom stereocenters. The molecule has 1 aromatic carbocycles. The normalized spacial score (nSPS) is 18.5. The lowest BCUT2D eigenvalue weighted by molar-refractivity contribution is 0.0265. The second kappa shape index (κ2) is 6.32. The van der Waals surface area contributed by atoms with Crippen molar-refractivity contribution in [3.8, 4) is 5.88 Å². The molecule has 22 heavy (non-hydrogen) atoms. The SMILES string of the molecule is COc1nc(C(=O)N2CCC[C@H](OC)C2)cc2ccccc12. The summed E-state index contributed by atoms with van der Waals surface area (Å²) < 4.78 is 10.7. The quantitative estimate of drug-likeness (QED) is 0.874. The van der Waals surface area contributed by atoms with Gasteiger partial charge in [0.15, 0.2) is 0 Å². The molecule has 0 N–H and O–H groups in total. The predicted octanol–water partition coefficient (Wildman–Crippen LogP) is 2.49. The van der Waals surface area contributed by atoms with Crippen molar-refractivity contribution < 1.29 is 14.3 Å². The van der Waals surface area contributed by atoms with Gasteiger partial charge in [-0.1, -0.05) is 18.2 Å². The molecular weight excluding hydrogens is 280 g/mol. The molecule has 0 unspecified atom stereocenters. The van der Waals surface area contributed by atoms with E-state index in [0.29, 0.717) is 18.1 Å². The number of fused-ring (bicyclic) bond motifs is 1. The number of ether oxygens (including phenoxy) is 2. The summed E-state index contributed by atoms with van der Waals surface area (Å²) in [4.78, 5) is 18.9. The van der Waals surface area contributed by atoms with Crippen LogP contribution in [0.25, 0.3) is 10.8 Å². The zero-order valence-corrected chi connectivity index (χ0v) is 12.9. The summed E-state index contributed by atoms with van der Waals surface area (Å²) in [7, 11) is 3.26. The Hall–Kier alpha value is -2.14. The minimum Gasteiger partial charge on any atom is -0.481 e. The number of carbonyl (C=O) groups is 1. The first-order valence-electron chi connectivity index (χ1n) is 7.48. The van der Waals surface area contributed by atoms with Gasteiger partial charge in [0, 0.05) is 25.6 Å². The molecule has 0 bridgehead atoms. The number of benzene rings is 1. The van der Waals surface area contributed by atoms with Gasteiger partial charge in [-0.2, -0.15) is 0 Å². The summed E-state index contributed by atoms with van der Waals surface area (Å²) in [6.07, 6.45) is 2.06. The van der Waals surface area contributed by atoms with E-state index in [1.807, 2.05) is 35.2 Å². The number of pyridine rings is 1. The Kier molecular flexibility index (Phi) is 4.24. The molecule has 0 radical (unpaired) electrons. The summed E-state index contributed by atoms with van der Waals surface area (Å²) in [5.41, 5.74) is 0.423. The van der Waals surface area contributed by atoms with Crippen LogP contribution in [0.1, 0.15) is 23.3 Å². The van der Waals surface area contributed by atoms with Crippen LogP contribution < -0.4 is 4.74 Å². The molecule has 2 aromatic rings. The van der Waals surface area contributed by atoms with Gasteiger partial charge < -0.3 is 14.4 Å². The van der Waals surface area contributed by atoms with Gasteiger partial charge in [0.25, 0.3) is 5.91 Å². The van der Waals surface area contributed by atoms with Gasteiger partial charge in [0.2, 0.25) is 5.88 Å². The van der Waals surface area contributed by atoms with Crippen LogP contribution in [0.3, 0.4) is 0 Å². The van der Waals surface area contributed by atoms with Crippen molar-refractivity contribution in [2.24, 2.45) is 0 Å². The second-order valence-electron chi connectivity index (χ2n) is 5.49. The number of piperidine rings is 1. The van der Waals surface area contributed by atoms with Crippen molar-refractivity contribution >= 4 is 16.7 Å². The fraction of sp³-hybridized carbons (Fsp3) is 0.412. The topological polar surface area (TPSA) is 51.7 Å². The first-order valence-corrected chi connectivity index (χ1v) is 7.48. The maximum Gasteiger partial charge on any atom is 0.272 e. The average Bonchev–Trinajstić information content (AvgIpc) is 2.60. The Bertz CT molecular complexity index is 687. The van der Waals surface area contributed by atoms with Crippen LogP contribution in [0.4, 0.5) is 0 Å². The maximum absolute atomic E-state index is 12.7. The summed E-state index contributed by atoms with van der Waals surface area (Å²) in [5, 5.41) is 1.87. The smallest absolute Gasteiger partial charge is 0.272 e. The van der Waals surface area contributed by atoms with Crippen LogP contribution >= 0.6 is 0 Å². The summed E-state index contributed by atoms with van der Waals surface area (Å²) in [6.45, 7) is 1.36. The third-order valence-electron chi connectivity index (χ3n) is 4.12. The molecule has 3 rings (SSSR count). The van der Waals surface area contributed by atoms with Crippen molar-refractivity contribution in [2.45, 2.75) is 18.9 Å². The zero-order chi connectivity index (χ0) is 15.5. The molecule has 1 saturated heterocycles. The van der Waals surface area contributed by atoms with Gasteiger partial charge >= 0.3 is 0 Å². The Morgan fingerprint density at radius 1 is 1.32 bits per heavy atom. The van der Waals surface area contributed by atoms with Crippen molar-refractivity contribution in [1.82, 2.24) is 9.88 Å². The monoisotopic (exact) mass is 300 g/mol. The van der Waals surface area contributed by atoms with E-state index in [0.717, 1.165) is 30.2 Å². The minimum absolute atomic E-state index is 0.0641. The molecule has 1 aromatic heterocycles. The summed E-state index contributed by atoms with van der Waals surface area (Å²) in [6, 6.07) is 9.61. The predicted molar refractivity (Wildman–Crippen MR) is 84.2 cm³/mol. The van der Waals surface area contributed by atoms with Crippen LogP contribution in [0.5, 0.6) is 5.88 Å². The molecule has 5 nitrogen and oxygen atoms in total. The van der Waals surface area contributed by atoms with Gasteiger partial charge in [0.05, 0.1) is 13.2 Å². The number of methoxy groups -OCH3 is 2. The number of hydrogen-bond donors (Lipinski definition) is 0. The van der Waals surface area contributed by atoms with Crippen LogP contribution in [-0.2, 0) is 4.74 Å². The van der Waals surface area contributed by atoms with E-state index in [4.69, 9.17) is 9.47 Å². The number of hydrogen-bond acceptors (Lipinski definition) is 4. The van der Waals surface area contributed by atoms with Crippen molar-refractivity contribution in [3.63, 3.8) is 0 Å². The molecule has 1 aliphatic rings. The van der Waals surface area contributed by atoms with E-state index >= 15 is 0 Å². The van der Waals surface area contributed by atoms with Gasteiger partial charge in [-0.25, -0.2) is 4.98 Å². The van der Waals surface area contributed by atoms with Crippen LogP contribution in [0.2, 0.25) is 0 Å². The lowest BCUT2D eigenvalue weighted by atomic mass is 10.1. The molecule has 0 saturated carbocycles. The lowest BCUT2D eigenvalue weighted by Crippen LogP contribution is -2.43. The van der Waals surface area contributed by atoms with E-state index in [2.05, 4.69) is 4.98 Å². The molecule has 1 fully saturated rings. The number of nitrogens with zero attached hydrogens (tertiary/aromatic N) is 2. The number of likely N-dealkylation sites (tertiary alicyclic amines) is 1. The van der Waals surface area contributed by atoms with E-state index in [1.165, 1.54) is 0 Å². The Morgan fingerprint density at radius 3 is 2.91 bits per heavy atom. The zero-order valence-electron chi connectivity index (χ0n) is 12.9. The van der Waals surface area contributed by atoms with Crippen molar-refractivity contribution in [3.05, 3.63) is 36.0 Å². The van der Waals surface area contributed by atoms with E-state index in [-0.39, 0.29) is 12.0 Å².